The molecule has 1 fully saturated rings. The first-order valence-corrected chi connectivity index (χ1v) is 9.68. The highest BCUT2D eigenvalue weighted by atomic mass is 35.5. The second-order valence-electron chi connectivity index (χ2n) is 6.15. The van der Waals surface area contributed by atoms with Crippen LogP contribution in [0.5, 0.6) is 0 Å². The highest BCUT2D eigenvalue weighted by Gasteiger charge is 2.20. The molecule has 25 heavy (non-hydrogen) atoms. The van der Waals surface area contributed by atoms with Crippen LogP contribution in [0, 0.1) is 0 Å². The summed E-state index contributed by atoms with van der Waals surface area (Å²) in [5, 5.41) is 3.54. The van der Waals surface area contributed by atoms with Gasteiger partial charge in [0.15, 0.2) is 5.13 Å². The van der Waals surface area contributed by atoms with Crippen LogP contribution in [0.1, 0.15) is 12.6 Å². The molecule has 5 nitrogen and oxygen atoms in total. The summed E-state index contributed by atoms with van der Waals surface area (Å²) < 4.78 is 0. The van der Waals surface area contributed by atoms with Crippen molar-refractivity contribution in [2.24, 2.45) is 0 Å². The molecule has 3 rings (SSSR count). The maximum atomic E-state index is 12.2. The van der Waals surface area contributed by atoms with Gasteiger partial charge in [0, 0.05) is 45.0 Å². The van der Waals surface area contributed by atoms with Crippen LogP contribution in [0.3, 0.4) is 0 Å². The van der Waals surface area contributed by atoms with Crippen molar-refractivity contribution >= 4 is 51.3 Å². The van der Waals surface area contributed by atoms with Gasteiger partial charge >= 0.3 is 0 Å². The largest absolute Gasteiger partial charge is 0.304 e. The number of aromatic nitrogens is 1. The van der Waals surface area contributed by atoms with Crippen molar-refractivity contribution in [3.05, 3.63) is 39.3 Å². The van der Waals surface area contributed by atoms with Gasteiger partial charge in [-0.1, -0.05) is 23.2 Å². The highest BCUT2D eigenvalue weighted by molar-refractivity contribution is 7.14. The molecule has 0 radical (unpaired) electrons. The van der Waals surface area contributed by atoms with Crippen LogP contribution in [0.15, 0.2) is 23.6 Å². The number of anilines is 2. The van der Waals surface area contributed by atoms with E-state index in [1.165, 1.54) is 18.3 Å². The number of carbonyl (C=O) groups is 1. The van der Waals surface area contributed by atoms with Crippen molar-refractivity contribution in [3.8, 4) is 0 Å². The Balaban J connectivity index is 1.78. The first-order valence-electron chi connectivity index (χ1n) is 8.05. The van der Waals surface area contributed by atoms with Crippen molar-refractivity contribution in [2.75, 3.05) is 38.1 Å². The number of rotatable bonds is 4. The van der Waals surface area contributed by atoms with Crippen molar-refractivity contribution in [1.82, 2.24) is 14.8 Å². The number of hydrogen-bond acceptors (Lipinski definition) is 5. The number of thiazole rings is 1. The highest BCUT2D eigenvalue weighted by Crippen LogP contribution is 2.33. The minimum atomic E-state index is -0.112. The minimum Gasteiger partial charge on any atom is -0.304 e. The molecule has 0 unspecified atom stereocenters. The van der Waals surface area contributed by atoms with E-state index in [4.69, 9.17) is 23.2 Å². The maximum absolute atomic E-state index is 12.2. The first kappa shape index (κ1) is 18.6. The zero-order valence-electron chi connectivity index (χ0n) is 14.2. The van der Waals surface area contributed by atoms with Gasteiger partial charge < -0.3 is 4.90 Å². The number of carbonyl (C=O) groups excluding carboxylic acids is 1. The summed E-state index contributed by atoms with van der Waals surface area (Å²) in [5.41, 5.74) is 1.65. The number of likely N-dealkylation sites (N-methyl/N-ethyl adjacent to an activating group) is 1. The van der Waals surface area contributed by atoms with Crippen LogP contribution < -0.4 is 4.90 Å². The van der Waals surface area contributed by atoms with Gasteiger partial charge in [-0.05, 0) is 25.2 Å². The van der Waals surface area contributed by atoms with Crippen LogP contribution in [0.4, 0.5) is 10.8 Å². The van der Waals surface area contributed by atoms with E-state index in [0.717, 1.165) is 38.4 Å². The lowest BCUT2D eigenvalue weighted by Gasteiger charge is -2.31. The van der Waals surface area contributed by atoms with Gasteiger partial charge in [-0.25, -0.2) is 4.98 Å². The molecule has 2 heterocycles. The number of amides is 1. The number of nitrogens with zero attached hydrogens (tertiary/aromatic N) is 4. The Morgan fingerprint density at radius 1 is 1.24 bits per heavy atom. The van der Waals surface area contributed by atoms with Crippen LogP contribution in [-0.2, 0) is 11.3 Å². The molecule has 0 bridgehead atoms. The molecule has 1 aromatic carbocycles. The third kappa shape index (κ3) is 4.51. The molecule has 0 aliphatic carbocycles. The van der Waals surface area contributed by atoms with Crippen molar-refractivity contribution in [2.45, 2.75) is 13.5 Å². The van der Waals surface area contributed by atoms with Crippen LogP contribution >= 0.6 is 34.5 Å². The normalized spacial score (nSPS) is 16.2. The molecule has 0 spiro atoms. The standard InChI is InChI=1S/C17H20Cl2N4OS/c1-12(24)23(14-3-4-15(18)16(19)9-14)17-20-13(11-25-17)10-22-7-5-21(2)6-8-22/h3-4,9,11H,5-8,10H2,1-2H3. The van der Waals surface area contributed by atoms with Crippen molar-refractivity contribution in [3.63, 3.8) is 0 Å². The average molecular weight is 399 g/mol. The molecule has 2 aromatic rings. The van der Waals surface area contributed by atoms with Gasteiger partial charge in [0.1, 0.15) is 0 Å². The summed E-state index contributed by atoms with van der Waals surface area (Å²) in [6.45, 7) is 6.53. The fraction of sp³-hybridized carbons (Fsp3) is 0.412. The minimum absolute atomic E-state index is 0.112. The molecule has 1 aliphatic rings. The first-order chi connectivity index (χ1) is 11.9. The van der Waals surface area contributed by atoms with E-state index in [9.17, 15) is 4.79 Å². The molecule has 0 N–H and O–H groups in total. The zero-order chi connectivity index (χ0) is 18.0. The summed E-state index contributed by atoms with van der Waals surface area (Å²) in [6, 6.07) is 5.15. The Hall–Kier alpha value is -1.18. The van der Waals surface area contributed by atoms with Crippen molar-refractivity contribution in [1.29, 1.82) is 0 Å². The molecule has 8 heteroatoms. The van der Waals surface area contributed by atoms with E-state index in [1.807, 2.05) is 5.38 Å². The smallest absolute Gasteiger partial charge is 0.230 e. The summed E-state index contributed by atoms with van der Waals surface area (Å²) in [5.74, 6) is -0.112. The lowest BCUT2D eigenvalue weighted by molar-refractivity contribution is -0.115. The Kier molecular flexibility index (Phi) is 5.96. The van der Waals surface area contributed by atoms with Crippen LogP contribution in [0.2, 0.25) is 10.0 Å². The molecule has 0 saturated carbocycles. The molecular weight excluding hydrogens is 379 g/mol. The van der Waals surface area contributed by atoms with Crippen molar-refractivity contribution < 1.29 is 4.79 Å². The molecule has 1 saturated heterocycles. The summed E-state index contributed by atoms with van der Waals surface area (Å²) in [7, 11) is 2.14. The predicted molar refractivity (Wildman–Crippen MR) is 104 cm³/mol. The van der Waals surface area contributed by atoms with E-state index in [1.54, 1.807) is 23.1 Å². The lowest BCUT2D eigenvalue weighted by Crippen LogP contribution is -2.43. The van der Waals surface area contributed by atoms with Crippen LogP contribution in [-0.4, -0.2) is 53.9 Å². The molecule has 1 aliphatic heterocycles. The number of benzene rings is 1. The van der Waals surface area contributed by atoms with Gasteiger partial charge in [0.25, 0.3) is 0 Å². The molecule has 1 amide bonds. The van der Waals surface area contributed by atoms with Gasteiger partial charge in [-0.3, -0.25) is 14.6 Å². The monoisotopic (exact) mass is 398 g/mol. The quantitative estimate of drug-likeness (QED) is 0.782. The van der Waals surface area contributed by atoms with E-state index in [2.05, 4.69) is 21.8 Å². The molecule has 1 aromatic heterocycles. The van der Waals surface area contributed by atoms with E-state index >= 15 is 0 Å². The lowest BCUT2D eigenvalue weighted by atomic mass is 10.3. The summed E-state index contributed by atoms with van der Waals surface area (Å²) in [6.07, 6.45) is 0. The topological polar surface area (TPSA) is 39.7 Å². The number of piperazine rings is 1. The van der Waals surface area contributed by atoms with E-state index in [-0.39, 0.29) is 5.91 Å². The SMILES string of the molecule is CC(=O)N(c1ccc(Cl)c(Cl)c1)c1nc(CN2CCN(C)CC2)cs1. The molecule has 0 atom stereocenters. The van der Waals surface area contributed by atoms with Gasteiger partial charge in [0.2, 0.25) is 5.91 Å². The second-order valence-corrected chi connectivity index (χ2v) is 7.80. The average Bonchev–Trinajstić information content (AvgIpc) is 3.01. The fourth-order valence-corrected chi connectivity index (χ4v) is 3.93. The van der Waals surface area contributed by atoms with E-state index in [0.29, 0.717) is 20.9 Å². The molecule has 134 valence electrons. The fourth-order valence-electron chi connectivity index (χ4n) is 2.76. The van der Waals surface area contributed by atoms with E-state index < -0.39 is 0 Å². The van der Waals surface area contributed by atoms with Crippen LogP contribution in [0.25, 0.3) is 0 Å². The maximum Gasteiger partial charge on any atom is 0.230 e. The Morgan fingerprint density at radius 3 is 2.60 bits per heavy atom. The van der Waals surface area contributed by atoms with Gasteiger partial charge in [-0.15, -0.1) is 11.3 Å². The third-order valence-electron chi connectivity index (χ3n) is 4.19. The third-order valence-corrected chi connectivity index (χ3v) is 5.80. The zero-order valence-corrected chi connectivity index (χ0v) is 16.5. The Labute approximate surface area is 161 Å². The number of halogens is 2. The Morgan fingerprint density at radius 2 is 1.96 bits per heavy atom. The van der Waals surface area contributed by atoms with Gasteiger partial charge in [-0.2, -0.15) is 0 Å². The van der Waals surface area contributed by atoms with Gasteiger partial charge in [0.05, 0.1) is 21.4 Å². The summed E-state index contributed by atoms with van der Waals surface area (Å²) in [4.78, 5) is 23.1. The molecular formula is C17H20Cl2N4OS. The Bertz CT molecular complexity index is 759. The predicted octanol–water partition coefficient (Wildman–Crippen LogP) is 3.88. The second kappa shape index (κ2) is 8.01. The number of hydrogen-bond donors (Lipinski definition) is 0. The summed E-state index contributed by atoms with van der Waals surface area (Å²) >= 11 is 13.5.